The van der Waals surface area contributed by atoms with Gasteiger partial charge < -0.3 is 39.8 Å². The van der Waals surface area contributed by atoms with E-state index in [0.717, 1.165) is 0 Å². The second kappa shape index (κ2) is 15.5. The lowest BCUT2D eigenvalue weighted by atomic mass is 9.69. The van der Waals surface area contributed by atoms with Gasteiger partial charge in [-0.2, -0.15) is 0 Å². The topological polar surface area (TPSA) is 141 Å². The summed E-state index contributed by atoms with van der Waals surface area (Å²) in [5.41, 5.74) is 2.64. The Bertz CT molecular complexity index is 1640. The molecule has 0 bridgehead atoms. The first-order valence-corrected chi connectivity index (χ1v) is 17.9. The van der Waals surface area contributed by atoms with Crippen molar-refractivity contribution in [3.05, 3.63) is 119 Å². The van der Waals surface area contributed by atoms with E-state index in [-0.39, 0.29) is 12.8 Å². The number of primary amides is 1. The molecule has 10 nitrogen and oxygen atoms in total. The molecule has 10 heteroatoms. The van der Waals surface area contributed by atoms with Crippen molar-refractivity contribution in [1.82, 2.24) is 4.90 Å². The predicted octanol–water partition coefficient (Wildman–Crippen LogP) is 6.04. The Kier molecular flexibility index (Phi) is 11.5. The third-order valence-electron chi connectivity index (χ3n) is 10.7. The molecule has 0 radical (unpaired) electrons. The molecule has 2 amide bonds. The van der Waals surface area contributed by atoms with E-state index in [9.17, 15) is 15.0 Å². The average Bonchev–Trinajstić information content (AvgIpc) is 3.99. The van der Waals surface area contributed by atoms with Crippen LogP contribution in [0.4, 0.5) is 0 Å². The molecule has 4 N–H and O–H groups in total. The summed E-state index contributed by atoms with van der Waals surface area (Å²) in [7, 11) is 6.25. The predicted molar refractivity (Wildman–Crippen MR) is 203 cm³/mol. The Morgan fingerprint density at radius 3 is 0.981 bits per heavy atom. The Labute approximate surface area is 312 Å². The van der Waals surface area contributed by atoms with Crippen LogP contribution in [0, 0.1) is 17.3 Å². The van der Waals surface area contributed by atoms with Crippen LogP contribution in [0.5, 0.6) is 23.0 Å². The summed E-state index contributed by atoms with van der Waals surface area (Å²) in [5, 5.41) is 27.2. The summed E-state index contributed by atoms with van der Waals surface area (Å²) < 4.78 is 21.9. The number of carbonyl (C=O) groups excluding carboxylic acids is 2. The maximum Gasteiger partial charge on any atom is 0.239 e. The van der Waals surface area contributed by atoms with E-state index in [1.54, 1.807) is 130 Å². The van der Waals surface area contributed by atoms with Gasteiger partial charge in [-0.05, 0) is 95.5 Å². The van der Waals surface area contributed by atoms with E-state index in [0.29, 0.717) is 45.3 Å². The van der Waals surface area contributed by atoms with Crippen molar-refractivity contribution in [3.8, 4) is 23.0 Å². The first kappa shape index (κ1) is 39.2. The summed E-state index contributed by atoms with van der Waals surface area (Å²) in [4.78, 5) is 30.4. The molecule has 5 rings (SSSR count). The van der Waals surface area contributed by atoms with Crippen molar-refractivity contribution in [2.45, 2.75) is 63.8 Å². The minimum absolute atomic E-state index is 0.250. The number of carbonyl (C=O) groups is 2. The summed E-state index contributed by atoms with van der Waals surface area (Å²) >= 11 is 0. The fraction of sp³-hybridized carbons (Fsp3) is 0.395. The molecule has 53 heavy (non-hydrogen) atoms. The number of hydrogen-bond donors (Lipinski definition) is 3. The molecule has 4 aromatic carbocycles. The Hall–Kier alpha value is -5.06. The normalized spacial score (nSPS) is 15.0. The molecule has 0 aromatic heterocycles. The van der Waals surface area contributed by atoms with Gasteiger partial charge in [-0.15, -0.1) is 0 Å². The third-order valence-corrected chi connectivity index (χ3v) is 10.7. The average molecular weight is 725 g/mol. The van der Waals surface area contributed by atoms with Gasteiger partial charge in [-0.3, -0.25) is 9.59 Å². The van der Waals surface area contributed by atoms with Gasteiger partial charge >= 0.3 is 0 Å². The molecule has 1 aliphatic rings. The third kappa shape index (κ3) is 7.05. The smallest absolute Gasteiger partial charge is 0.239 e. The number of rotatable bonds is 16. The van der Waals surface area contributed by atoms with Crippen molar-refractivity contribution >= 4 is 11.8 Å². The van der Waals surface area contributed by atoms with Gasteiger partial charge in [0, 0.05) is 0 Å². The molecule has 0 saturated heterocycles. The first-order valence-electron chi connectivity index (χ1n) is 17.9. The first-order chi connectivity index (χ1) is 25.2. The summed E-state index contributed by atoms with van der Waals surface area (Å²) in [5.74, 6) is 0.134. The minimum Gasteiger partial charge on any atom is -0.497 e. The van der Waals surface area contributed by atoms with Gasteiger partial charge in [0.15, 0.2) is 0 Å². The highest BCUT2D eigenvalue weighted by Gasteiger charge is 2.63. The van der Waals surface area contributed by atoms with Crippen molar-refractivity contribution in [2.24, 2.45) is 23.0 Å². The van der Waals surface area contributed by atoms with Gasteiger partial charge in [-0.25, -0.2) is 0 Å². The summed E-state index contributed by atoms with van der Waals surface area (Å²) in [6.07, 6.45) is 0.501. The Balaban J connectivity index is 1.89. The molecule has 0 heterocycles. The van der Waals surface area contributed by atoms with Gasteiger partial charge in [0.05, 0.1) is 40.5 Å². The maximum atomic E-state index is 15.5. The number of nitrogens with two attached hydrogens (primary N) is 1. The van der Waals surface area contributed by atoms with E-state index >= 15 is 4.79 Å². The lowest BCUT2D eigenvalue weighted by Crippen LogP contribution is -2.67. The standard InChI is InChI=1S/C43H52N2O8/c1-27(2)37(42(48,29-9-17-33(50-5)18-10-29)30-11-19-34(51-6)20-12-30)45(40(47)41(25-26-41)39(44)46)38(28(3)4)43(49,31-13-21-35(52-7)22-14-31)32-15-23-36(53-8)24-16-32/h9-24,27-28,37-38,48-49H,25-26H2,1-8H3,(H2,44,46)/t37-,38-/m1/s1. The molecular formula is C43H52N2O8. The van der Waals surface area contributed by atoms with Crippen molar-refractivity contribution in [2.75, 3.05) is 28.4 Å². The second-order valence-electron chi connectivity index (χ2n) is 14.5. The number of methoxy groups -OCH3 is 4. The highest BCUT2D eigenvalue weighted by atomic mass is 16.5. The zero-order valence-corrected chi connectivity index (χ0v) is 31.8. The van der Waals surface area contributed by atoms with Crippen LogP contribution >= 0.6 is 0 Å². The molecule has 2 atom stereocenters. The molecule has 282 valence electrons. The molecular weight excluding hydrogens is 672 g/mol. The quantitative estimate of drug-likeness (QED) is 0.119. The lowest BCUT2D eigenvalue weighted by molar-refractivity contribution is -0.168. The second-order valence-corrected chi connectivity index (χ2v) is 14.5. The van der Waals surface area contributed by atoms with Crippen LogP contribution in [0.25, 0.3) is 0 Å². The van der Waals surface area contributed by atoms with Crippen LogP contribution in [0.3, 0.4) is 0 Å². The van der Waals surface area contributed by atoms with Gasteiger partial charge in [0.25, 0.3) is 0 Å². The van der Waals surface area contributed by atoms with Crippen LogP contribution in [0.1, 0.15) is 62.8 Å². The van der Waals surface area contributed by atoms with E-state index < -0.39 is 52.4 Å². The van der Waals surface area contributed by atoms with Crippen LogP contribution in [-0.4, -0.2) is 67.5 Å². The van der Waals surface area contributed by atoms with Gasteiger partial charge in [-0.1, -0.05) is 76.2 Å². The van der Waals surface area contributed by atoms with Crippen molar-refractivity contribution in [1.29, 1.82) is 0 Å². The van der Waals surface area contributed by atoms with E-state index in [1.807, 2.05) is 27.7 Å². The maximum absolute atomic E-state index is 15.5. The van der Waals surface area contributed by atoms with Crippen molar-refractivity contribution in [3.63, 3.8) is 0 Å². The largest absolute Gasteiger partial charge is 0.497 e. The SMILES string of the molecule is COc1ccc(C(O)(c2ccc(OC)cc2)[C@@H](C(C)C)N(C(=O)C2(C(N)=O)CC2)[C@H](C(C)C)C(O)(c2ccc(OC)cc2)c2ccc(OC)cc2)cc1. The number of ether oxygens (including phenoxy) is 4. The van der Waals surface area contributed by atoms with Crippen LogP contribution < -0.4 is 24.7 Å². The molecule has 0 spiro atoms. The number of amides is 2. The van der Waals surface area contributed by atoms with Crippen molar-refractivity contribution < 1.29 is 38.7 Å². The molecule has 0 aliphatic heterocycles. The van der Waals surface area contributed by atoms with Crippen LogP contribution in [-0.2, 0) is 20.8 Å². The highest BCUT2D eigenvalue weighted by molar-refractivity contribution is 6.07. The number of hydrogen-bond acceptors (Lipinski definition) is 8. The fourth-order valence-electron chi connectivity index (χ4n) is 7.77. The molecule has 4 aromatic rings. The highest BCUT2D eigenvalue weighted by Crippen LogP contribution is 2.53. The lowest BCUT2D eigenvalue weighted by Gasteiger charge is -2.54. The van der Waals surface area contributed by atoms with Gasteiger partial charge in [0.2, 0.25) is 11.8 Å². The van der Waals surface area contributed by atoms with Gasteiger partial charge in [0.1, 0.15) is 39.6 Å². The van der Waals surface area contributed by atoms with Crippen LogP contribution in [0.15, 0.2) is 97.1 Å². The molecule has 1 aliphatic carbocycles. The molecule has 1 saturated carbocycles. The monoisotopic (exact) mass is 724 g/mol. The number of nitrogens with zero attached hydrogens (tertiary/aromatic N) is 1. The Morgan fingerprint density at radius 1 is 0.566 bits per heavy atom. The minimum atomic E-state index is -1.90. The molecule has 0 unspecified atom stereocenters. The number of aliphatic hydroxyl groups is 2. The zero-order chi connectivity index (χ0) is 38.7. The van der Waals surface area contributed by atoms with E-state index in [4.69, 9.17) is 24.7 Å². The summed E-state index contributed by atoms with van der Waals surface area (Å²) in [6, 6.07) is 26.1. The van der Waals surface area contributed by atoms with E-state index in [1.165, 1.54) is 0 Å². The molecule has 1 fully saturated rings. The Morgan fingerprint density at radius 2 is 0.811 bits per heavy atom. The zero-order valence-electron chi connectivity index (χ0n) is 31.8. The van der Waals surface area contributed by atoms with Crippen LogP contribution in [0.2, 0.25) is 0 Å². The summed E-state index contributed by atoms with van der Waals surface area (Å²) in [6.45, 7) is 7.68. The van der Waals surface area contributed by atoms with E-state index in [2.05, 4.69) is 0 Å². The fourth-order valence-corrected chi connectivity index (χ4v) is 7.77. The number of benzene rings is 4.